The highest BCUT2D eigenvalue weighted by Gasteiger charge is 2.10. The molecule has 2 nitrogen and oxygen atoms in total. The quantitative estimate of drug-likeness (QED) is 0.571. The number of thiocarbonyl (C=S) groups is 1. The number of likely N-dealkylation sites (tertiary alicyclic amines) is 1. The lowest BCUT2D eigenvalue weighted by atomic mass is 10.1. The highest BCUT2D eigenvalue weighted by Crippen LogP contribution is 2.08. The third-order valence-electron chi connectivity index (χ3n) is 1.88. The van der Waals surface area contributed by atoms with E-state index in [0.29, 0.717) is 6.54 Å². The zero-order chi connectivity index (χ0) is 7.40. The number of nitrogens with zero attached hydrogens (tertiary/aromatic N) is 1. The SMILES string of the molecule is NCC(=S)N1CCCCC1. The molecule has 58 valence electrons. The lowest BCUT2D eigenvalue weighted by molar-refractivity contribution is 0.344. The summed E-state index contributed by atoms with van der Waals surface area (Å²) in [6.45, 7) is 2.78. The summed E-state index contributed by atoms with van der Waals surface area (Å²) in [6.07, 6.45) is 3.91. The summed E-state index contributed by atoms with van der Waals surface area (Å²) in [5.74, 6) is 0. The maximum Gasteiger partial charge on any atom is 0.0917 e. The van der Waals surface area contributed by atoms with Crippen molar-refractivity contribution < 1.29 is 0 Å². The topological polar surface area (TPSA) is 29.3 Å². The van der Waals surface area contributed by atoms with E-state index in [1.54, 1.807) is 0 Å². The fourth-order valence-corrected chi connectivity index (χ4v) is 1.45. The highest BCUT2D eigenvalue weighted by molar-refractivity contribution is 7.80. The molecule has 10 heavy (non-hydrogen) atoms. The van der Waals surface area contributed by atoms with Crippen molar-refractivity contribution in [1.29, 1.82) is 0 Å². The molecule has 0 spiro atoms. The van der Waals surface area contributed by atoms with E-state index in [2.05, 4.69) is 4.90 Å². The largest absolute Gasteiger partial charge is 0.365 e. The Labute approximate surface area is 67.4 Å². The van der Waals surface area contributed by atoms with Crippen LogP contribution < -0.4 is 5.73 Å². The number of rotatable bonds is 1. The molecule has 1 saturated heterocycles. The van der Waals surface area contributed by atoms with Crippen LogP contribution in [0.25, 0.3) is 0 Å². The minimum atomic E-state index is 0.537. The summed E-state index contributed by atoms with van der Waals surface area (Å²) in [7, 11) is 0. The first kappa shape index (κ1) is 7.95. The summed E-state index contributed by atoms with van der Waals surface area (Å²) < 4.78 is 0. The minimum Gasteiger partial charge on any atom is -0.365 e. The molecule has 0 aromatic heterocycles. The molecule has 0 saturated carbocycles. The number of nitrogens with two attached hydrogens (primary N) is 1. The Bertz CT molecular complexity index is 119. The van der Waals surface area contributed by atoms with E-state index in [-0.39, 0.29) is 0 Å². The van der Waals surface area contributed by atoms with Gasteiger partial charge in [-0.1, -0.05) is 12.2 Å². The van der Waals surface area contributed by atoms with Crippen molar-refractivity contribution in [1.82, 2.24) is 4.90 Å². The second-order valence-electron chi connectivity index (χ2n) is 2.65. The monoisotopic (exact) mass is 158 g/mol. The van der Waals surface area contributed by atoms with E-state index in [9.17, 15) is 0 Å². The summed E-state index contributed by atoms with van der Waals surface area (Å²) in [4.78, 5) is 3.15. The van der Waals surface area contributed by atoms with Crippen LogP contribution in [0.5, 0.6) is 0 Å². The maximum atomic E-state index is 5.42. The molecule has 0 aliphatic carbocycles. The first-order valence-electron chi connectivity index (χ1n) is 3.82. The lowest BCUT2D eigenvalue weighted by Crippen LogP contribution is -2.38. The molecule has 0 amide bonds. The van der Waals surface area contributed by atoms with Crippen LogP contribution in [-0.4, -0.2) is 29.5 Å². The van der Waals surface area contributed by atoms with Crippen LogP contribution in [0.4, 0.5) is 0 Å². The van der Waals surface area contributed by atoms with Crippen LogP contribution in [-0.2, 0) is 0 Å². The molecular formula is C7H14N2S. The van der Waals surface area contributed by atoms with E-state index >= 15 is 0 Å². The molecule has 0 unspecified atom stereocenters. The van der Waals surface area contributed by atoms with Crippen molar-refractivity contribution >= 4 is 17.2 Å². The van der Waals surface area contributed by atoms with E-state index in [1.807, 2.05) is 0 Å². The predicted octanol–water partition coefficient (Wildman–Crippen LogP) is 0.758. The Morgan fingerprint density at radius 1 is 1.30 bits per heavy atom. The van der Waals surface area contributed by atoms with Gasteiger partial charge in [0.25, 0.3) is 0 Å². The third kappa shape index (κ3) is 1.92. The van der Waals surface area contributed by atoms with Gasteiger partial charge in [0.05, 0.1) is 4.99 Å². The average molecular weight is 158 g/mol. The molecule has 1 heterocycles. The zero-order valence-electron chi connectivity index (χ0n) is 6.18. The van der Waals surface area contributed by atoms with Crippen LogP contribution >= 0.6 is 12.2 Å². The Morgan fingerprint density at radius 2 is 1.90 bits per heavy atom. The molecule has 1 fully saturated rings. The summed E-state index contributed by atoms with van der Waals surface area (Å²) in [5.41, 5.74) is 5.42. The highest BCUT2D eigenvalue weighted by atomic mass is 32.1. The van der Waals surface area contributed by atoms with Crippen molar-refractivity contribution in [2.24, 2.45) is 5.73 Å². The Morgan fingerprint density at radius 3 is 2.40 bits per heavy atom. The fraction of sp³-hybridized carbons (Fsp3) is 0.857. The normalized spacial score (nSPS) is 19.1. The van der Waals surface area contributed by atoms with Gasteiger partial charge in [-0.3, -0.25) is 0 Å². The van der Waals surface area contributed by atoms with Gasteiger partial charge >= 0.3 is 0 Å². The van der Waals surface area contributed by atoms with Crippen LogP contribution in [0.2, 0.25) is 0 Å². The summed E-state index contributed by atoms with van der Waals surface area (Å²) in [6, 6.07) is 0. The predicted molar refractivity (Wildman–Crippen MR) is 47.1 cm³/mol. The van der Waals surface area contributed by atoms with Crippen molar-refractivity contribution in [3.05, 3.63) is 0 Å². The van der Waals surface area contributed by atoms with Crippen LogP contribution in [0.3, 0.4) is 0 Å². The second-order valence-corrected chi connectivity index (χ2v) is 3.12. The molecule has 1 aliphatic heterocycles. The van der Waals surface area contributed by atoms with Crippen molar-refractivity contribution in [2.75, 3.05) is 19.6 Å². The summed E-state index contributed by atoms with van der Waals surface area (Å²) in [5, 5.41) is 0. The van der Waals surface area contributed by atoms with Gasteiger partial charge in [0.15, 0.2) is 0 Å². The number of hydrogen-bond acceptors (Lipinski definition) is 2. The van der Waals surface area contributed by atoms with Crippen molar-refractivity contribution in [3.63, 3.8) is 0 Å². The number of piperidine rings is 1. The van der Waals surface area contributed by atoms with Gasteiger partial charge in [0.2, 0.25) is 0 Å². The van der Waals surface area contributed by atoms with Gasteiger partial charge in [0.1, 0.15) is 0 Å². The third-order valence-corrected chi connectivity index (χ3v) is 2.31. The maximum absolute atomic E-state index is 5.42. The molecular weight excluding hydrogens is 144 g/mol. The van der Waals surface area contributed by atoms with Crippen LogP contribution in [0, 0.1) is 0 Å². The molecule has 0 bridgehead atoms. The van der Waals surface area contributed by atoms with E-state index in [4.69, 9.17) is 18.0 Å². The second kappa shape index (κ2) is 3.88. The molecule has 0 atom stereocenters. The van der Waals surface area contributed by atoms with Gasteiger partial charge in [-0.2, -0.15) is 0 Å². The fourth-order valence-electron chi connectivity index (χ4n) is 1.27. The van der Waals surface area contributed by atoms with Gasteiger partial charge in [0, 0.05) is 19.6 Å². The Balaban J connectivity index is 2.31. The van der Waals surface area contributed by atoms with E-state index < -0.39 is 0 Å². The van der Waals surface area contributed by atoms with Crippen LogP contribution in [0.1, 0.15) is 19.3 Å². The lowest BCUT2D eigenvalue weighted by Gasteiger charge is -2.28. The molecule has 3 heteroatoms. The smallest absolute Gasteiger partial charge is 0.0917 e. The van der Waals surface area contributed by atoms with Crippen molar-refractivity contribution in [3.8, 4) is 0 Å². The molecule has 0 radical (unpaired) electrons. The summed E-state index contributed by atoms with van der Waals surface area (Å²) >= 11 is 5.08. The van der Waals surface area contributed by atoms with Crippen LogP contribution in [0.15, 0.2) is 0 Å². The van der Waals surface area contributed by atoms with Gasteiger partial charge in [-0.25, -0.2) is 0 Å². The molecule has 0 aromatic rings. The Hall–Kier alpha value is -0.150. The van der Waals surface area contributed by atoms with E-state index in [1.165, 1.54) is 19.3 Å². The first-order chi connectivity index (χ1) is 4.84. The van der Waals surface area contributed by atoms with E-state index in [0.717, 1.165) is 18.1 Å². The average Bonchev–Trinajstić information content (AvgIpc) is 2.05. The minimum absolute atomic E-state index is 0.537. The standard InChI is InChI=1S/C7H14N2S/c8-6-7(10)9-4-2-1-3-5-9/h1-6,8H2. The molecule has 2 N–H and O–H groups in total. The Kier molecular flexibility index (Phi) is 3.09. The zero-order valence-corrected chi connectivity index (χ0v) is 6.99. The van der Waals surface area contributed by atoms with Gasteiger partial charge in [-0.05, 0) is 19.3 Å². The van der Waals surface area contributed by atoms with Crippen molar-refractivity contribution in [2.45, 2.75) is 19.3 Å². The molecule has 0 aromatic carbocycles. The first-order valence-corrected chi connectivity index (χ1v) is 4.23. The number of hydrogen-bond donors (Lipinski definition) is 1. The molecule has 1 aliphatic rings. The van der Waals surface area contributed by atoms with Gasteiger partial charge in [-0.15, -0.1) is 0 Å². The molecule has 1 rings (SSSR count). The van der Waals surface area contributed by atoms with Gasteiger partial charge < -0.3 is 10.6 Å².